The van der Waals surface area contributed by atoms with Crippen molar-refractivity contribution in [3.05, 3.63) is 64.7 Å². The normalized spacial score (nSPS) is 15.8. The zero-order valence-corrected chi connectivity index (χ0v) is 12.2. The molecule has 0 aliphatic carbocycles. The van der Waals surface area contributed by atoms with Crippen LogP contribution < -0.4 is 4.74 Å². The predicted molar refractivity (Wildman–Crippen MR) is 81.1 cm³/mol. The molecule has 0 fully saturated rings. The zero-order valence-electron chi connectivity index (χ0n) is 12.2. The largest absolute Gasteiger partial charge is 0.489 e. The number of fused-ring (bicyclic) bond motifs is 2. The summed E-state index contributed by atoms with van der Waals surface area (Å²) in [5, 5.41) is 0. The summed E-state index contributed by atoms with van der Waals surface area (Å²) in [5.74, 6) is 0.191. The molecule has 2 aromatic carbocycles. The topological polar surface area (TPSA) is 52.6 Å². The van der Waals surface area contributed by atoms with Gasteiger partial charge in [0.15, 0.2) is 0 Å². The van der Waals surface area contributed by atoms with Crippen molar-refractivity contribution < 1.29 is 19.1 Å². The van der Waals surface area contributed by atoms with Gasteiger partial charge in [-0.15, -0.1) is 0 Å². The number of methoxy groups -OCH3 is 1. The SMILES string of the molecule is COC(=O)c1ccc2c(c1)[C@@H](CC=O)c1ccccc1CO2. The molecule has 0 radical (unpaired) electrons. The van der Waals surface area contributed by atoms with Crippen LogP contribution in [0.15, 0.2) is 42.5 Å². The Morgan fingerprint density at radius 1 is 1.27 bits per heavy atom. The van der Waals surface area contributed by atoms with Gasteiger partial charge in [0.05, 0.1) is 12.7 Å². The quantitative estimate of drug-likeness (QED) is 0.645. The first kappa shape index (κ1) is 14.3. The molecule has 0 amide bonds. The van der Waals surface area contributed by atoms with Crippen LogP contribution in [-0.2, 0) is 16.1 Å². The van der Waals surface area contributed by atoms with E-state index in [-0.39, 0.29) is 5.92 Å². The molecule has 1 heterocycles. The summed E-state index contributed by atoms with van der Waals surface area (Å²) in [6.07, 6.45) is 1.25. The molecule has 2 aromatic rings. The minimum absolute atomic E-state index is 0.115. The highest BCUT2D eigenvalue weighted by Gasteiger charge is 2.25. The van der Waals surface area contributed by atoms with Crippen LogP contribution in [-0.4, -0.2) is 19.4 Å². The van der Waals surface area contributed by atoms with Crippen molar-refractivity contribution in [3.8, 4) is 5.75 Å². The van der Waals surface area contributed by atoms with Gasteiger partial charge >= 0.3 is 5.97 Å². The van der Waals surface area contributed by atoms with Gasteiger partial charge in [-0.1, -0.05) is 24.3 Å². The van der Waals surface area contributed by atoms with Crippen molar-refractivity contribution in [1.29, 1.82) is 0 Å². The van der Waals surface area contributed by atoms with Gasteiger partial charge in [0.25, 0.3) is 0 Å². The van der Waals surface area contributed by atoms with Crippen LogP contribution in [0.4, 0.5) is 0 Å². The lowest BCUT2D eigenvalue weighted by Gasteiger charge is -2.17. The highest BCUT2D eigenvalue weighted by molar-refractivity contribution is 5.90. The molecule has 0 N–H and O–H groups in total. The summed E-state index contributed by atoms with van der Waals surface area (Å²) < 4.78 is 10.6. The van der Waals surface area contributed by atoms with Crippen molar-refractivity contribution in [1.82, 2.24) is 0 Å². The number of carbonyl (C=O) groups excluding carboxylic acids is 2. The lowest BCUT2D eigenvalue weighted by atomic mass is 9.86. The summed E-state index contributed by atoms with van der Waals surface area (Å²) in [6.45, 7) is 0.454. The van der Waals surface area contributed by atoms with E-state index in [4.69, 9.17) is 9.47 Å². The first-order chi connectivity index (χ1) is 10.7. The van der Waals surface area contributed by atoms with Gasteiger partial charge in [-0.25, -0.2) is 4.79 Å². The van der Waals surface area contributed by atoms with Crippen LogP contribution in [0.1, 0.15) is 39.4 Å². The Kier molecular flexibility index (Phi) is 3.92. The average molecular weight is 296 g/mol. The molecular formula is C18H16O4. The van der Waals surface area contributed by atoms with Crippen molar-refractivity contribution >= 4 is 12.3 Å². The fourth-order valence-electron chi connectivity index (χ4n) is 2.88. The van der Waals surface area contributed by atoms with Crippen LogP contribution in [0.2, 0.25) is 0 Å². The van der Waals surface area contributed by atoms with Crippen LogP contribution in [0.3, 0.4) is 0 Å². The maximum Gasteiger partial charge on any atom is 0.337 e. The van der Waals surface area contributed by atoms with Crippen molar-refractivity contribution in [3.63, 3.8) is 0 Å². The molecular weight excluding hydrogens is 280 g/mol. The Balaban J connectivity index is 2.15. The van der Waals surface area contributed by atoms with E-state index in [1.54, 1.807) is 18.2 Å². The van der Waals surface area contributed by atoms with Crippen LogP contribution in [0, 0.1) is 0 Å². The second-order valence-corrected chi connectivity index (χ2v) is 5.19. The number of esters is 1. The van der Waals surface area contributed by atoms with E-state index in [1.807, 2.05) is 24.3 Å². The summed E-state index contributed by atoms with van der Waals surface area (Å²) in [7, 11) is 1.35. The van der Waals surface area contributed by atoms with Gasteiger partial charge in [-0.05, 0) is 29.3 Å². The maximum absolute atomic E-state index is 11.8. The fraction of sp³-hybridized carbons (Fsp3) is 0.222. The Morgan fingerprint density at radius 2 is 2.09 bits per heavy atom. The first-order valence-corrected chi connectivity index (χ1v) is 7.11. The molecule has 0 spiro atoms. The predicted octanol–water partition coefficient (Wildman–Crippen LogP) is 3.09. The number of hydrogen-bond donors (Lipinski definition) is 0. The van der Waals surface area contributed by atoms with E-state index in [1.165, 1.54) is 7.11 Å². The smallest absolute Gasteiger partial charge is 0.337 e. The number of hydrogen-bond acceptors (Lipinski definition) is 4. The Morgan fingerprint density at radius 3 is 2.86 bits per heavy atom. The number of rotatable bonds is 3. The number of carbonyl (C=O) groups is 2. The summed E-state index contributed by atoms with van der Waals surface area (Å²) >= 11 is 0. The zero-order chi connectivity index (χ0) is 15.5. The molecule has 0 unspecified atom stereocenters. The summed E-state index contributed by atoms with van der Waals surface area (Å²) in [4.78, 5) is 22.9. The van der Waals surface area contributed by atoms with Gasteiger partial charge in [0.2, 0.25) is 0 Å². The molecule has 4 heteroatoms. The molecule has 0 aromatic heterocycles. The molecule has 1 atom stereocenters. The molecule has 0 bridgehead atoms. The lowest BCUT2D eigenvalue weighted by Crippen LogP contribution is -2.06. The first-order valence-electron chi connectivity index (χ1n) is 7.11. The van der Waals surface area contributed by atoms with E-state index in [0.29, 0.717) is 24.3 Å². The van der Waals surface area contributed by atoms with Crippen LogP contribution in [0.25, 0.3) is 0 Å². The average Bonchev–Trinajstić information content (AvgIpc) is 2.72. The van der Waals surface area contributed by atoms with Gasteiger partial charge in [0.1, 0.15) is 18.6 Å². The second kappa shape index (κ2) is 6.02. The molecule has 22 heavy (non-hydrogen) atoms. The fourth-order valence-corrected chi connectivity index (χ4v) is 2.88. The maximum atomic E-state index is 11.8. The van der Waals surface area contributed by atoms with Crippen molar-refractivity contribution in [2.24, 2.45) is 0 Å². The summed E-state index contributed by atoms with van der Waals surface area (Å²) in [6, 6.07) is 13.1. The molecule has 3 rings (SSSR count). The molecule has 1 aliphatic rings. The van der Waals surface area contributed by atoms with Gasteiger partial charge in [-0.2, -0.15) is 0 Å². The molecule has 1 aliphatic heterocycles. The number of ether oxygens (including phenoxy) is 2. The third-order valence-corrected chi connectivity index (χ3v) is 3.95. The monoisotopic (exact) mass is 296 g/mol. The molecule has 0 saturated carbocycles. The number of benzene rings is 2. The highest BCUT2D eigenvalue weighted by Crippen LogP contribution is 2.39. The molecule has 112 valence electrons. The van der Waals surface area contributed by atoms with E-state index < -0.39 is 5.97 Å². The van der Waals surface area contributed by atoms with Crippen molar-refractivity contribution in [2.75, 3.05) is 7.11 Å². The van der Waals surface area contributed by atoms with E-state index in [9.17, 15) is 9.59 Å². The third-order valence-electron chi connectivity index (χ3n) is 3.95. The number of aldehydes is 1. The van der Waals surface area contributed by atoms with Gasteiger partial charge in [-0.3, -0.25) is 0 Å². The Hall–Kier alpha value is -2.62. The second-order valence-electron chi connectivity index (χ2n) is 5.19. The highest BCUT2D eigenvalue weighted by atomic mass is 16.5. The van der Waals surface area contributed by atoms with E-state index in [2.05, 4.69) is 0 Å². The summed E-state index contributed by atoms with van der Waals surface area (Å²) in [5.41, 5.74) is 3.43. The Labute approximate surface area is 128 Å². The van der Waals surface area contributed by atoms with Gasteiger partial charge < -0.3 is 14.3 Å². The lowest BCUT2D eigenvalue weighted by molar-refractivity contribution is -0.108. The standard InChI is InChI=1S/C18H16O4/c1-21-18(20)12-6-7-17-16(10-12)15(8-9-19)14-5-3-2-4-13(14)11-22-17/h2-7,9-10,15H,8,11H2,1H3/t15-/m0/s1. The van der Waals surface area contributed by atoms with E-state index in [0.717, 1.165) is 23.0 Å². The minimum Gasteiger partial charge on any atom is -0.489 e. The van der Waals surface area contributed by atoms with E-state index >= 15 is 0 Å². The molecule has 4 nitrogen and oxygen atoms in total. The third kappa shape index (κ3) is 2.48. The van der Waals surface area contributed by atoms with Gasteiger partial charge in [0, 0.05) is 17.9 Å². The minimum atomic E-state index is -0.398. The Bertz CT molecular complexity index is 721. The van der Waals surface area contributed by atoms with Crippen LogP contribution >= 0.6 is 0 Å². The van der Waals surface area contributed by atoms with Crippen molar-refractivity contribution in [2.45, 2.75) is 18.9 Å². The van der Waals surface area contributed by atoms with Crippen LogP contribution in [0.5, 0.6) is 5.75 Å². The molecule has 0 saturated heterocycles.